The molecule has 11 heteroatoms. The van der Waals surface area contributed by atoms with Gasteiger partial charge in [0, 0.05) is 59.5 Å². The van der Waals surface area contributed by atoms with Crippen molar-refractivity contribution in [2.75, 3.05) is 80.2 Å². The molecule has 0 bridgehead atoms. The summed E-state index contributed by atoms with van der Waals surface area (Å²) in [4.78, 5) is 50.2. The van der Waals surface area contributed by atoms with Crippen molar-refractivity contribution >= 4 is 68.0 Å². The summed E-state index contributed by atoms with van der Waals surface area (Å²) in [5.41, 5.74) is 5.31. The minimum Gasteiger partial charge on any atom is -0.354 e. The summed E-state index contributed by atoms with van der Waals surface area (Å²) in [5, 5.41) is 14.6. The highest BCUT2D eigenvalue weighted by Crippen LogP contribution is 2.36. The van der Waals surface area contributed by atoms with Crippen LogP contribution in [0, 0.1) is 0 Å². The number of pyridine rings is 1. The van der Waals surface area contributed by atoms with Crippen molar-refractivity contribution < 1.29 is 14.4 Å². The topological polar surface area (TPSA) is 122 Å². The molecule has 3 fully saturated rings. The number of fused-ring (bicyclic) bond motifs is 2. The van der Waals surface area contributed by atoms with Gasteiger partial charge in [-0.1, -0.05) is 0 Å². The van der Waals surface area contributed by atoms with Gasteiger partial charge in [-0.25, -0.2) is 4.98 Å². The number of amides is 3. The highest BCUT2D eigenvalue weighted by atomic mass is 16.2. The van der Waals surface area contributed by atoms with Crippen molar-refractivity contribution in [3.8, 4) is 0 Å². The average molecular weight is 677 g/mol. The molecule has 0 saturated carbocycles. The number of anilines is 5. The standard InChI is InChI=1S/C39H48N8O3/c48-36(15-23-45-17-1-2-18-45)41-30-11-13-32-34(25-30)44-35-26-31(42-37(49)16-24-46-19-3-4-20-46)12-14-33(35)39(32)43-29-9-7-28(8-10-29)40-38(50)27-47-21-5-6-22-47/h7-14,25-26H,1-6,15-24,27H2,(H,40,50)(H,41,48)(H,42,49)(H,43,44). The Morgan fingerprint density at radius 2 is 0.940 bits per heavy atom. The first kappa shape index (κ1) is 33.9. The summed E-state index contributed by atoms with van der Waals surface area (Å²) in [6, 6.07) is 19.3. The molecule has 3 aliphatic rings. The second-order valence-corrected chi connectivity index (χ2v) is 13.9. The molecule has 0 radical (unpaired) electrons. The van der Waals surface area contributed by atoms with Gasteiger partial charge in [-0.15, -0.1) is 0 Å². The third kappa shape index (κ3) is 8.76. The molecule has 3 saturated heterocycles. The van der Waals surface area contributed by atoms with Crippen molar-refractivity contribution in [1.29, 1.82) is 0 Å². The number of nitrogens with zero attached hydrogens (tertiary/aromatic N) is 4. The van der Waals surface area contributed by atoms with Crippen molar-refractivity contribution in [1.82, 2.24) is 19.7 Å². The number of hydrogen-bond donors (Lipinski definition) is 4. The van der Waals surface area contributed by atoms with E-state index in [0.29, 0.717) is 30.8 Å². The van der Waals surface area contributed by atoms with E-state index in [0.717, 1.165) is 104 Å². The minimum atomic E-state index is -0.0121. The normalized spacial score (nSPS) is 17.0. The van der Waals surface area contributed by atoms with Crippen LogP contribution in [-0.4, -0.2) is 96.3 Å². The predicted molar refractivity (Wildman–Crippen MR) is 201 cm³/mol. The van der Waals surface area contributed by atoms with E-state index in [9.17, 15) is 14.4 Å². The molecule has 3 aliphatic heterocycles. The van der Waals surface area contributed by atoms with E-state index >= 15 is 0 Å². The Morgan fingerprint density at radius 1 is 0.520 bits per heavy atom. The van der Waals surface area contributed by atoms with E-state index in [-0.39, 0.29) is 17.7 Å². The van der Waals surface area contributed by atoms with Gasteiger partial charge < -0.3 is 31.1 Å². The van der Waals surface area contributed by atoms with Gasteiger partial charge in [-0.3, -0.25) is 19.3 Å². The summed E-state index contributed by atoms with van der Waals surface area (Å²) >= 11 is 0. The largest absolute Gasteiger partial charge is 0.354 e. The number of rotatable bonds is 13. The number of likely N-dealkylation sites (tertiary alicyclic amines) is 3. The fraction of sp³-hybridized carbons (Fsp3) is 0.436. The van der Waals surface area contributed by atoms with Crippen molar-refractivity contribution in [2.45, 2.75) is 51.4 Å². The zero-order valence-corrected chi connectivity index (χ0v) is 28.8. The van der Waals surface area contributed by atoms with Gasteiger partial charge in [0.1, 0.15) is 0 Å². The zero-order valence-electron chi connectivity index (χ0n) is 28.8. The third-order valence-electron chi connectivity index (χ3n) is 10.1. The molecule has 0 spiro atoms. The first-order valence-electron chi connectivity index (χ1n) is 18.3. The van der Waals surface area contributed by atoms with E-state index in [1.807, 2.05) is 60.7 Å². The second kappa shape index (κ2) is 16.0. The molecule has 0 aliphatic carbocycles. The van der Waals surface area contributed by atoms with Crippen LogP contribution in [0.5, 0.6) is 0 Å². The highest BCUT2D eigenvalue weighted by Gasteiger charge is 2.18. The molecule has 11 nitrogen and oxygen atoms in total. The lowest BCUT2D eigenvalue weighted by molar-refractivity contribution is -0.117. The minimum absolute atomic E-state index is 0.00314. The first-order chi connectivity index (χ1) is 24.4. The number of nitrogens with one attached hydrogen (secondary N) is 4. The lowest BCUT2D eigenvalue weighted by Crippen LogP contribution is -2.30. The van der Waals surface area contributed by atoms with Crippen LogP contribution >= 0.6 is 0 Å². The van der Waals surface area contributed by atoms with Crippen LogP contribution < -0.4 is 21.3 Å². The molecule has 7 rings (SSSR count). The second-order valence-electron chi connectivity index (χ2n) is 13.9. The molecule has 262 valence electrons. The Balaban J connectivity index is 1.11. The highest BCUT2D eigenvalue weighted by molar-refractivity contribution is 6.10. The number of carbonyl (C=O) groups excluding carboxylic acids is 3. The van der Waals surface area contributed by atoms with Gasteiger partial charge >= 0.3 is 0 Å². The van der Waals surface area contributed by atoms with Crippen molar-refractivity contribution in [3.63, 3.8) is 0 Å². The van der Waals surface area contributed by atoms with Crippen molar-refractivity contribution in [2.24, 2.45) is 0 Å². The summed E-state index contributed by atoms with van der Waals surface area (Å²) in [6.45, 7) is 8.15. The number of carbonyl (C=O) groups is 3. The monoisotopic (exact) mass is 676 g/mol. The fourth-order valence-corrected chi connectivity index (χ4v) is 7.34. The quantitative estimate of drug-likeness (QED) is 0.127. The van der Waals surface area contributed by atoms with E-state index in [4.69, 9.17) is 4.98 Å². The van der Waals surface area contributed by atoms with Crippen LogP contribution in [0.3, 0.4) is 0 Å². The maximum Gasteiger partial charge on any atom is 0.238 e. The fourth-order valence-electron chi connectivity index (χ4n) is 7.34. The Morgan fingerprint density at radius 3 is 1.44 bits per heavy atom. The Bertz CT molecular complexity index is 1740. The van der Waals surface area contributed by atoms with Gasteiger partial charge in [0.2, 0.25) is 17.7 Å². The Hall–Kier alpha value is -4.58. The Labute approximate surface area is 293 Å². The van der Waals surface area contributed by atoms with Crippen LogP contribution in [0.2, 0.25) is 0 Å². The molecule has 1 aromatic heterocycles. The summed E-state index contributed by atoms with van der Waals surface area (Å²) in [6.07, 6.45) is 8.00. The summed E-state index contributed by atoms with van der Waals surface area (Å²) < 4.78 is 0. The number of aromatic nitrogens is 1. The average Bonchev–Trinajstić information content (AvgIpc) is 3.92. The van der Waals surface area contributed by atoms with E-state index in [1.54, 1.807) is 0 Å². The maximum absolute atomic E-state index is 12.8. The molecule has 0 atom stereocenters. The predicted octanol–water partition coefficient (Wildman–Crippen LogP) is 6.01. The molecule has 4 aromatic rings. The van der Waals surface area contributed by atoms with Gasteiger partial charge in [0.25, 0.3) is 0 Å². The molecule has 4 N–H and O–H groups in total. The molecule has 0 unspecified atom stereocenters. The molecule has 3 aromatic carbocycles. The van der Waals surface area contributed by atoms with Gasteiger partial charge in [0.05, 0.1) is 23.3 Å². The summed E-state index contributed by atoms with van der Waals surface area (Å²) in [7, 11) is 0. The van der Waals surface area contributed by atoms with E-state index < -0.39 is 0 Å². The molecular weight excluding hydrogens is 628 g/mol. The smallest absolute Gasteiger partial charge is 0.238 e. The summed E-state index contributed by atoms with van der Waals surface area (Å²) in [5.74, 6) is -0.0273. The van der Waals surface area contributed by atoms with Crippen LogP contribution in [0.4, 0.5) is 28.4 Å². The zero-order chi connectivity index (χ0) is 34.3. The molecule has 50 heavy (non-hydrogen) atoms. The van der Waals surface area contributed by atoms with Crippen LogP contribution in [0.15, 0.2) is 60.7 Å². The van der Waals surface area contributed by atoms with Crippen LogP contribution in [-0.2, 0) is 14.4 Å². The SMILES string of the molecule is O=C(CCN1CCCC1)Nc1ccc2c(Nc3ccc(NC(=O)CN4CCCC4)cc3)c3ccc(NC(=O)CCN4CCCC4)cc3nc2c1. The number of hydrogen-bond acceptors (Lipinski definition) is 8. The Kier molecular flexibility index (Phi) is 10.8. The van der Waals surface area contributed by atoms with E-state index in [2.05, 4.69) is 36.0 Å². The lowest BCUT2D eigenvalue weighted by atomic mass is 10.1. The molecule has 3 amide bonds. The van der Waals surface area contributed by atoms with Crippen molar-refractivity contribution in [3.05, 3.63) is 60.7 Å². The molecular formula is C39H48N8O3. The van der Waals surface area contributed by atoms with Gasteiger partial charge in [-0.2, -0.15) is 0 Å². The van der Waals surface area contributed by atoms with Gasteiger partial charge in [-0.05, 0) is 138 Å². The number of benzene rings is 3. The van der Waals surface area contributed by atoms with Gasteiger partial charge in [0.15, 0.2) is 0 Å². The van der Waals surface area contributed by atoms with E-state index in [1.165, 1.54) is 25.7 Å². The molecule has 4 heterocycles. The maximum atomic E-state index is 12.8. The van der Waals surface area contributed by atoms with Crippen LogP contribution in [0.1, 0.15) is 51.4 Å². The van der Waals surface area contributed by atoms with Crippen LogP contribution in [0.25, 0.3) is 21.8 Å². The third-order valence-corrected chi connectivity index (χ3v) is 10.1. The first-order valence-corrected chi connectivity index (χ1v) is 18.3. The lowest BCUT2D eigenvalue weighted by Gasteiger charge is -2.17.